The average molecular weight is 284 g/mol. The van der Waals surface area contributed by atoms with Gasteiger partial charge in [-0.15, -0.1) is 10.2 Å². The predicted octanol–water partition coefficient (Wildman–Crippen LogP) is 0.381. The summed E-state index contributed by atoms with van der Waals surface area (Å²) < 4.78 is 1.17. The first-order chi connectivity index (χ1) is 10.1. The monoisotopic (exact) mass is 284 g/mol. The van der Waals surface area contributed by atoms with Gasteiger partial charge in [-0.05, 0) is 6.92 Å². The molecule has 3 aromatic rings. The number of nitrogens with two attached hydrogens (primary N) is 1. The number of Topliss-reactive ketones (excluding diaryl/α,β-unsaturated/α-hetero) is 1. The van der Waals surface area contributed by atoms with E-state index in [4.69, 9.17) is 5.73 Å². The molecule has 0 radical (unpaired) electrons. The van der Waals surface area contributed by atoms with Gasteiger partial charge in [0.2, 0.25) is 5.95 Å². The van der Waals surface area contributed by atoms with Crippen LogP contribution in [0.15, 0.2) is 35.1 Å². The molecule has 8 heteroatoms. The molecule has 0 unspecified atom stereocenters. The van der Waals surface area contributed by atoms with Crippen LogP contribution in [0, 0.1) is 0 Å². The van der Waals surface area contributed by atoms with Crippen LogP contribution in [0.2, 0.25) is 0 Å². The summed E-state index contributed by atoms with van der Waals surface area (Å²) in [6.45, 7) is 1.63. The zero-order valence-electron chi connectivity index (χ0n) is 11.1. The van der Waals surface area contributed by atoms with Crippen LogP contribution in [0.25, 0.3) is 5.78 Å². The molecular formula is C13H12N6O2. The first kappa shape index (κ1) is 13.0. The van der Waals surface area contributed by atoms with Crippen molar-refractivity contribution in [2.24, 2.45) is 0 Å². The van der Waals surface area contributed by atoms with Crippen LogP contribution >= 0.6 is 0 Å². The minimum Gasteiger partial charge on any atom is -0.366 e. The molecule has 0 aliphatic rings. The molecule has 1 atom stereocenters. The normalized spacial score (nSPS) is 12.4. The molecule has 0 aliphatic heterocycles. The fourth-order valence-corrected chi connectivity index (χ4v) is 2.05. The van der Waals surface area contributed by atoms with E-state index in [1.54, 1.807) is 31.2 Å². The van der Waals surface area contributed by atoms with Crippen molar-refractivity contribution in [3.05, 3.63) is 51.9 Å². The molecule has 2 aromatic heterocycles. The number of carbonyl (C=O) groups is 1. The molecule has 21 heavy (non-hydrogen) atoms. The SMILES string of the molecule is C[C@H](C(=O)c1ccccc1)c1nc2nnc(N)n2[nH]c1=O. The number of hydrogen-bond donors (Lipinski definition) is 2. The maximum Gasteiger partial charge on any atom is 0.285 e. The van der Waals surface area contributed by atoms with Crippen molar-refractivity contribution in [2.45, 2.75) is 12.8 Å². The number of aromatic amines is 1. The van der Waals surface area contributed by atoms with Crippen LogP contribution in [0.5, 0.6) is 0 Å². The smallest absolute Gasteiger partial charge is 0.285 e. The molecular weight excluding hydrogens is 272 g/mol. The summed E-state index contributed by atoms with van der Waals surface area (Å²) in [5.74, 6) is -0.706. The molecule has 0 bridgehead atoms. The van der Waals surface area contributed by atoms with Gasteiger partial charge in [0.05, 0.1) is 5.92 Å². The van der Waals surface area contributed by atoms with Gasteiger partial charge in [0.15, 0.2) is 5.78 Å². The summed E-state index contributed by atoms with van der Waals surface area (Å²) >= 11 is 0. The molecule has 0 spiro atoms. The van der Waals surface area contributed by atoms with E-state index in [2.05, 4.69) is 20.3 Å². The second-order valence-corrected chi connectivity index (χ2v) is 4.58. The number of fused-ring (bicyclic) bond motifs is 1. The first-order valence-corrected chi connectivity index (χ1v) is 6.28. The molecule has 0 saturated carbocycles. The highest BCUT2D eigenvalue weighted by Crippen LogP contribution is 2.16. The highest BCUT2D eigenvalue weighted by atomic mass is 16.1. The number of benzene rings is 1. The number of aromatic nitrogens is 5. The second kappa shape index (κ2) is 4.82. The molecule has 3 rings (SSSR count). The lowest BCUT2D eigenvalue weighted by molar-refractivity contribution is 0.0964. The van der Waals surface area contributed by atoms with E-state index in [0.717, 1.165) is 0 Å². The molecule has 106 valence electrons. The van der Waals surface area contributed by atoms with Crippen LogP contribution < -0.4 is 11.3 Å². The van der Waals surface area contributed by atoms with Crippen molar-refractivity contribution in [3.8, 4) is 0 Å². The number of hydrogen-bond acceptors (Lipinski definition) is 6. The lowest BCUT2D eigenvalue weighted by atomic mass is 9.97. The van der Waals surface area contributed by atoms with Crippen molar-refractivity contribution in [1.82, 2.24) is 24.8 Å². The Morgan fingerprint density at radius 1 is 1.29 bits per heavy atom. The van der Waals surface area contributed by atoms with Crippen LogP contribution in [0.3, 0.4) is 0 Å². The molecule has 0 fully saturated rings. The Labute approximate surface area is 118 Å². The number of carbonyl (C=O) groups excluding carboxylic acids is 1. The van der Waals surface area contributed by atoms with Crippen LogP contribution in [0.1, 0.15) is 28.9 Å². The molecule has 1 aromatic carbocycles. The van der Waals surface area contributed by atoms with Gasteiger partial charge >= 0.3 is 0 Å². The zero-order valence-corrected chi connectivity index (χ0v) is 11.1. The zero-order chi connectivity index (χ0) is 15.0. The van der Waals surface area contributed by atoms with E-state index >= 15 is 0 Å². The van der Waals surface area contributed by atoms with Crippen molar-refractivity contribution in [3.63, 3.8) is 0 Å². The van der Waals surface area contributed by atoms with Gasteiger partial charge in [-0.2, -0.15) is 4.52 Å². The van der Waals surface area contributed by atoms with E-state index in [0.29, 0.717) is 5.56 Å². The quantitative estimate of drug-likeness (QED) is 0.671. The van der Waals surface area contributed by atoms with Gasteiger partial charge in [0, 0.05) is 5.56 Å². The lowest BCUT2D eigenvalue weighted by Gasteiger charge is -2.09. The van der Waals surface area contributed by atoms with Gasteiger partial charge in [0.25, 0.3) is 11.3 Å². The van der Waals surface area contributed by atoms with Crippen LogP contribution in [-0.2, 0) is 0 Å². The second-order valence-electron chi connectivity index (χ2n) is 4.58. The van der Waals surface area contributed by atoms with E-state index in [1.165, 1.54) is 4.52 Å². The van der Waals surface area contributed by atoms with E-state index in [1.807, 2.05) is 6.07 Å². The van der Waals surface area contributed by atoms with Gasteiger partial charge < -0.3 is 5.73 Å². The number of nitrogen functional groups attached to an aromatic ring is 1. The molecule has 0 saturated heterocycles. The summed E-state index contributed by atoms with van der Waals surface area (Å²) in [5.41, 5.74) is 5.65. The number of H-pyrrole nitrogens is 1. The van der Waals surface area contributed by atoms with Crippen molar-refractivity contribution in [2.75, 3.05) is 5.73 Å². The highest BCUT2D eigenvalue weighted by Gasteiger charge is 2.22. The molecule has 3 N–H and O–H groups in total. The maximum absolute atomic E-state index is 12.4. The fraction of sp³-hybridized carbons (Fsp3) is 0.154. The topological polar surface area (TPSA) is 119 Å². The van der Waals surface area contributed by atoms with Gasteiger partial charge in [-0.1, -0.05) is 30.3 Å². The van der Waals surface area contributed by atoms with Crippen molar-refractivity contribution >= 4 is 17.5 Å². The summed E-state index contributed by atoms with van der Waals surface area (Å²) in [6, 6.07) is 8.73. The first-order valence-electron chi connectivity index (χ1n) is 6.28. The van der Waals surface area contributed by atoms with Crippen molar-refractivity contribution in [1.29, 1.82) is 0 Å². The molecule has 0 aliphatic carbocycles. The number of ketones is 1. The molecule has 2 heterocycles. The minimum atomic E-state index is -0.695. The Bertz CT molecular complexity index is 867. The summed E-state index contributed by atoms with van der Waals surface area (Å²) in [6.07, 6.45) is 0. The van der Waals surface area contributed by atoms with E-state index < -0.39 is 11.5 Å². The lowest BCUT2D eigenvalue weighted by Crippen LogP contribution is -2.25. The maximum atomic E-state index is 12.4. The molecule has 8 nitrogen and oxygen atoms in total. The summed E-state index contributed by atoms with van der Waals surface area (Å²) in [5, 5.41) is 9.83. The standard InChI is InChI=1S/C13H12N6O2/c1-7(10(20)8-5-3-2-4-6-8)9-11(21)18-19-12(14)16-17-13(19)15-9/h2-7H,1H3,(H2,14,16)(H,18,21)/t7-/m0/s1. The summed E-state index contributed by atoms with van der Waals surface area (Å²) in [4.78, 5) is 28.5. The average Bonchev–Trinajstić information content (AvgIpc) is 2.86. The highest BCUT2D eigenvalue weighted by molar-refractivity contribution is 6.00. The summed E-state index contributed by atoms with van der Waals surface area (Å²) in [7, 11) is 0. The predicted molar refractivity (Wildman–Crippen MR) is 75.0 cm³/mol. The Kier molecular flexibility index (Phi) is 2.98. The third kappa shape index (κ3) is 2.16. The number of nitrogens with one attached hydrogen (secondary N) is 1. The van der Waals surface area contributed by atoms with Gasteiger partial charge in [-0.25, -0.2) is 4.98 Å². The minimum absolute atomic E-state index is 0.0307. The van der Waals surface area contributed by atoms with Gasteiger partial charge in [0.1, 0.15) is 5.69 Å². The van der Waals surface area contributed by atoms with E-state index in [-0.39, 0.29) is 23.2 Å². The van der Waals surface area contributed by atoms with Crippen LogP contribution in [-0.4, -0.2) is 30.6 Å². The number of nitrogens with zero attached hydrogens (tertiary/aromatic N) is 4. The number of rotatable bonds is 3. The van der Waals surface area contributed by atoms with Crippen molar-refractivity contribution < 1.29 is 4.79 Å². The van der Waals surface area contributed by atoms with E-state index in [9.17, 15) is 9.59 Å². The fourth-order valence-electron chi connectivity index (χ4n) is 2.05. The Balaban J connectivity index is 2.05. The third-order valence-electron chi connectivity index (χ3n) is 3.20. The Morgan fingerprint density at radius 3 is 2.71 bits per heavy atom. The van der Waals surface area contributed by atoms with Gasteiger partial charge in [-0.3, -0.25) is 14.7 Å². The number of anilines is 1. The Hall–Kier alpha value is -3.03. The Morgan fingerprint density at radius 2 is 2.00 bits per heavy atom. The molecule has 0 amide bonds. The third-order valence-corrected chi connectivity index (χ3v) is 3.20. The van der Waals surface area contributed by atoms with Crippen LogP contribution in [0.4, 0.5) is 5.95 Å². The largest absolute Gasteiger partial charge is 0.366 e.